The topological polar surface area (TPSA) is 51.8 Å². The number of hydrogen-bond acceptors (Lipinski definition) is 4. The number of furan rings is 1. The second-order valence-electron chi connectivity index (χ2n) is 15.9. The standard InChI is InChI=1S/C59H37N3O/c1-4-15-38(16-5-1)39-29-32-43(33-30-39)57-60-58(45-34-31-42-22-12-24-47(52(42)36-45)40-17-6-2-7-18-40)62-59(61-57)51-27-14-28-54-55(51)50-26-13-25-49(56(50)63-54)46-35-44-21-10-11-23-48(44)53(37-46)41-19-8-3-9-20-41/h1-37H. The predicted molar refractivity (Wildman–Crippen MR) is 260 cm³/mol. The van der Waals surface area contributed by atoms with Gasteiger partial charge in [-0.1, -0.05) is 200 Å². The summed E-state index contributed by atoms with van der Waals surface area (Å²) in [5, 5.41) is 6.64. The van der Waals surface area contributed by atoms with E-state index >= 15 is 0 Å². The molecule has 4 heteroatoms. The zero-order valence-corrected chi connectivity index (χ0v) is 34.1. The van der Waals surface area contributed by atoms with Crippen LogP contribution in [0.3, 0.4) is 0 Å². The molecule has 0 aliphatic heterocycles. The number of benzene rings is 10. The summed E-state index contributed by atoms with van der Waals surface area (Å²) < 4.78 is 6.87. The van der Waals surface area contributed by atoms with Crippen LogP contribution in [0, 0.1) is 0 Å². The first-order valence-corrected chi connectivity index (χ1v) is 21.3. The van der Waals surface area contributed by atoms with Gasteiger partial charge in [0.05, 0.1) is 0 Å². The van der Waals surface area contributed by atoms with Crippen LogP contribution in [-0.4, -0.2) is 15.0 Å². The molecule has 4 nitrogen and oxygen atoms in total. The highest BCUT2D eigenvalue weighted by Crippen LogP contribution is 2.43. The Bertz CT molecular complexity index is 3650. The molecule has 0 saturated carbocycles. The molecule has 0 aliphatic rings. The van der Waals surface area contributed by atoms with Crippen molar-refractivity contribution in [2.24, 2.45) is 0 Å². The molecule has 0 amide bonds. The van der Waals surface area contributed by atoms with Gasteiger partial charge in [0.25, 0.3) is 0 Å². The second kappa shape index (κ2) is 15.2. The van der Waals surface area contributed by atoms with Crippen LogP contribution in [0.15, 0.2) is 229 Å². The Labute approximate surface area is 364 Å². The van der Waals surface area contributed by atoms with Gasteiger partial charge in [-0.2, -0.15) is 0 Å². The molecule has 0 N–H and O–H groups in total. The van der Waals surface area contributed by atoms with Gasteiger partial charge in [0, 0.05) is 33.0 Å². The summed E-state index contributed by atoms with van der Waals surface area (Å²) >= 11 is 0. The first-order valence-electron chi connectivity index (χ1n) is 21.3. The molecular formula is C59H37N3O. The van der Waals surface area contributed by atoms with Crippen molar-refractivity contribution in [1.29, 1.82) is 0 Å². The Kier molecular flexibility index (Phi) is 8.79. The fraction of sp³-hybridized carbons (Fsp3) is 0. The van der Waals surface area contributed by atoms with Gasteiger partial charge in [0.1, 0.15) is 11.2 Å². The lowest BCUT2D eigenvalue weighted by molar-refractivity contribution is 0.670. The lowest BCUT2D eigenvalue weighted by atomic mass is 9.92. The SMILES string of the molecule is c1ccc(-c2ccc(-c3nc(-c4ccc5cccc(-c6ccccc6)c5c4)nc(-c4cccc5oc6c(-c7cc(-c8ccccc8)c8ccccc8c7)cccc6c45)n3)cc2)cc1. The second-order valence-corrected chi connectivity index (χ2v) is 15.9. The van der Waals surface area contributed by atoms with Crippen molar-refractivity contribution < 1.29 is 4.42 Å². The van der Waals surface area contributed by atoms with Crippen molar-refractivity contribution in [2.45, 2.75) is 0 Å². The highest BCUT2D eigenvalue weighted by atomic mass is 16.3. The summed E-state index contributed by atoms with van der Waals surface area (Å²) in [7, 11) is 0. The summed E-state index contributed by atoms with van der Waals surface area (Å²) in [6.45, 7) is 0. The van der Waals surface area contributed by atoms with Crippen LogP contribution in [0.25, 0.3) is 122 Å². The maximum atomic E-state index is 6.87. The van der Waals surface area contributed by atoms with Crippen LogP contribution in [0.5, 0.6) is 0 Å². The monoisotopic (exact) mass is 803 g/mol. The third-order valence-electron chi connectivity index (χ3n) is 12.1. The molecule has 0 atom stereocenters. The molecule has 0 radical (unpaired) electrons. The van der Waals surface area contributed by atoms with Gasteiger partial charge < -0.3 is 4.42 Å². The van der Waals surface area contributed by atoms with Crippen molar-refractivity contribution in [2.75, 3.05) is 0 Å². The third-order valence-corrected chi connectivity index (χ3v) is 12.1. The van der Waals surface area contributed by atoms with Gasteiger partial charge in [-0.25, -0.2) is 15.0 Å². The lowest BCUT2D eigenvalue weighted by Gasteiger charge is -2.12. The molecule has 2 aromatic heterocycles. The minimum atomic E-state index is 0.578. The van der Waals surface area contributed by atoms with Gasteiger partial charge in [-0.15, -0.1) is 0 Å². The highest BCUT2D eigenvalue weighted by molar-refractivity contribution is 6.15. The number of rotatable bonds is 7. The molecule has 0 fully saturated rings. The van der Waals surface area contributed by atoms with Crippen LogP contribution in [0.1, 0.15) is 0 Å². The largest absolute Gasteiger partial charge is 0.455 e. The smallest absolute Gasteiger partial charge is 0.164 e. The molecule has 12 rings (SSSR count). The third kappa shape index (κ3) is 6.53. The van der Waals surface area contributed by atoms with E-state index in [4.69, 9.17) is 19.4 Å². The summed E-state index contributed by atoms with van der Waals surface area (Å²) in [5.41, 5.74) is 13.4. The van der Waals surface area contributed by atoms with Crippen molar-refractivity contribution >= 4 is 43.5 Å². The van der Waals surface area contributed by atoms with Crippen LogP contribution >= 0.6 is 0 Å². The number of hydrogen-bond donors (Lipinski definition) is 0. The van der Waals surface area contributed by atoms with E-state index in [1.807, 2.05) is 18.2 Å². The van der Waals surface area contributed by atoms with Crippen LogP contribution in [0.2, 0.25) is 0 Å². The molecule has 63 heavy (non-hydrogen) atoms. The number of nitrogens with zero attached hydrogens (tertiary/aromatic N) is 3. The maximum absolute atomic E-state index is 6.87. The van der Waals surface area contributed by atoms with E-state index in [2.05, 4.69) is 206 Å². The van der Waals surface area contributed by atoms with E-state index in [1.165, 1.54) is 21.9 Å². The Morgan fingerprint density at radius 2 is 0.810 bits per heavy atom. The number of fused-ring (bicyclic) bond motifs is 5. The zero-order chi connectivity index (χ0) is 41.7. The van der Waals surface area contributed by atoms with E-state index < -0.39 is 0 Å². The average molecular weight is 804 g/mol. The van der Waals surface area contributed by atoms with E-state index in [1.54, 1.807) is 0 Å². The fourth-order valence-corrected chi connectivity index (χ4v) is 9.06. The average Bonchev–Trinajstić information content (AvgIpc) is 3.76. The Morgan fingerprint density at radius 3 is 1.59 bits per heavy atom. The summed E-state index contributed by atoms with van der Waals surface area (Å²) in [6, 6.07) is 78.7. The molecule has 10 aromatic carbocycles. The molecule has 0 bridgehead atoms. The molecular weight excluding hydrogens is 767 g/mol. The van der Waals surface area contributed by atoms with Gasteiger partial charge >= 0.3 is 0 Å². The molecule has 0 spiro atoms. The van der Waals surface area contributed by atoms with Gasteiger partial charge in [0.2, 0.25) is 0 Å². The Hall–Kier alpha value is -8.47. The zero-order valence-electron chi connectivity index (χ0n) is 34.1. The summed E-state index contributed by atoms with van der Waals surface area (Å²) in [4.78, 5) is 15.8. The van der Waals surface area contributed by atoms with Gasteiger partial charge in [-0.05, 0) is 84.8 Å². The van der Waals surface area contributed by atoms with E-state index in [0.717, 1.165) is 82.8 Å². The van der Waals surface area contributed by atoms with Crippen molar-refractivity contribution in [3.05, 3.63) is 224 Å². The first kappa shape index (κ1) is 36.4. The normalized spacial score (nSPS) is 11.5. The maximum Gasteiger partial charge on any atom is 0.164 e. The Balaban J connectivity index is 1.05. The number of aromatic nitrogens is 3. The van der Waals surface area contributed by atoms with E-state index in [9.17, 15) is 0 Å². The minimum Gasteiger partial charge on any atom is -0.455 e. The first-order chi connectivity index (χ1) is 31.2. The predicted octanol–water partition coefficient (Wildman–Crippen LogP) is 15.7. The number of para-hydroxylation sites is 1. The molecule has 0 saturated heterocycles. The van der Waals surface area contributed by atoms with Gasteiger partial charge in [-0.3, -0.25) is 0 Å². The summed E-state index contributed by atoms with van der Waals surface area (Å²) in [5.74, 6) is 1.78. The quantitative estimate of drug-likeness (QED) is 0.161. The van der Waals surface area contributed by atoms with Crippen LogP contribution < -0.4 is 0 Å². The van der Waals surface area contributed by atoms with E-state index in [0.29, 0.717) is 17.5 Å². The van der Waals surface area contributed by atoms with Crippen LogP contribution in [0.4, 0.5) is 0 Å². The van der Waals surface area contributed by atoms with Crippen molar-refractivity contribution in [1.82, 2.24) is 15.0 Å². The Morgan fingerprint density at radius 1 is 0.270 bits per heavy atom. The van der Waals surface area contributed by atoms with Crippen molar-refractivity contribution in [3.63, 3.8) is 0 Å². The molecule has 2 heterocycles. The van der Waals surface area contributed by atoms with Crippen molar-refractivity contribution in [3.8, 4) is 78.7 Å². The fourth-order valence-electron chi connectivity index (χ4n) is 9.06. The van der Waals surface area contributed by atoms with E-state index in [-0.39, 0.29) is 0 Å². The van der Waals surface area contributed by atoms with Gasteiger partial charge in [0.15, 0.2) is 17.5 Å². The molecule has 294 valence electrons. The highest BCUT2D eigenvalue weighted by Gasteiger charge is 2.21. The molecule has 0 unspecified atom stereocenters. The molecule has 0 aliphatic carbocycles. The van der Waals surface area contributed by atoms with Crippen LogP contribution in [-0.2, 0) is 0 Å². The molecule has 12 aromatic rings. The minimum absolute atomic E-state index is 0.578. The summed E-state index contributed by atoms with van der Waals surface area (Å²) in [6.07, 6.45) is 0. The lowest BCUT2D eigenvalue weighted by Crippen LogP contribution is -2.00.